The summed E-state index contributed by atoms with van der Waals surface area (Å²) in [5.41, 5.74) is 2.98. The molecule has 5 heteroatoms. The van der Waals surface area contributed by atoms with E-state index in [2.05, 4.69) is 37.2 Å². The number of anilines is 1. The Bertz CT molecular complexity index is 838. The SMILES string of the molecule is Fc1ccc(COc2c(Br)cc(Br)cc2CNc2ccccc2)cc1. The fraction of sp³-hybridized carbons (Fsp3) is 0.100. The van der Waals surface area contributed by atoms with Crippen molar-refractivity contribution in [3.8, 4) is 5.75 Å². The van der Waals surface area contributed by atoms with Crippen LogP contribution in [-0.4, -0.2) is 0 Å². The highest BCUT2D eigenvalue weighted by Crippen LogP contribution is 2.34. The number of hydrogen-bond donors (Lipinski definition) is 1. The van der Waals surface area contributed by atoms with Crippen molar-refractivity contribution in [2.75, 3.05) is 5.32 Å². The van der Waals surface area contributed by atoms with E-state index in [0.717, 1.165) is 31.5 Å². The third kappa shape index (κ3) is 5.06. The first-order valence-electron chi connectivity index (χ1n) is 7.76. The summed E-state index contributed by atoms with van der Waals surface area (Å²) in [5, 5.41) is 3.39. The molecule has 0 saturated heterocycles. The van der Waals surface area contributed by atoms with Gasteiger partial charge in [-0.05, 0) is 57.9 Å². The third-order valence-corrected chi connectivity index (χ3v) is 4.69. The zero-order chi connectivity index (χ0) is 17.6. The van der Waals surface area contributed by atoms with Crippen LogP contribution in [0.1, 0.15) is 11.1 Å². The van der Waals surface area contributed by atoms with Crippen LogP contribution in [0.25, 0.3) is 0 Å². The summed E-state index contributed by atoms with van der Waals surface area (Å²) in [6, 6.07) is 20.3. The number of benzene rings is 3. The minimum atomic E-state index is -0.249. The second-order valence-corrected chi connectivity index (χ2v) is 7.28. The van der Waals surface area contributed by atoms with Gasteiger partial charge in [-0.1, -0.05) is 46.3 Å². The summed E-state index contributed by atoms with van der Waals surface area (Å²) in [6.45, 7) is 1.000. The van der Waals surface area contributed by atoms with Crippen LogP contribution < -0.4 is 10.1 Å². The van der Waals surface area contributed by atoms with Gasteiger partial charge in [0.25, 0.3) is 0 Å². The van der Waals surface area contributed by atoms with Crippen LogP contribution in [0.5, 0.6) is 5.75 Å². The summed E-state index contributed by atoms with van der Waals surface area (Å²) in [7, 11) is 0. The van der Waals surface area contributed by atoms with E-state index < -0.39 is 0 Å². The summed E-state index contributed by atoms with van der Waals surface area (Å²) >= 11 is 7.09. The molecule has 0 fully saturated rings. The molecule has 0 unspecified atom stereocenters. The van der Waals surface area contributed by atoms with E-state index in [1.807, 2.05) is 42.5 Å². The maximum atomic E-state index is 13.0. The molecule has 0 saturated carbocycles. The lowest BCUT2D eigenvalue weighted by Crippen LogP contribution is -2.04. The Morgan fingerprint density at radius 2 is 1.64 bits per heavy atom. The first-order valence-corrected chi connectivity index (χ1v) is 9.34. The van der Waals surface area contributed by atoms with Gasteiger partial charge in [-0.15, -0.1) is 0 Å². The predicted molar refractivity (Wildman–Crippen MR) is 106 cm³/mol. The Kier molecular flexibility index (Phi) is 6.10. The van der Waals surface area contributed by atoms with Crippen LogP contribution in [0.4, 0.5) is 10.1 Å². The third-order valence-electron chi connectivity index (χ3n) is 3.64. The number of rotatable bonds is 6. The van der Waals surface area contributed by atoms with Gasteiger partial charge < -0.3 is 10.1 Å². The molecule has 0 bridgehead atoms. The quantitative estimate of drug-likeness (QED) is 0.447. The molecule has 0 heterocycles. The van der Waals surface area contributed by atoms with Crippen molar-refractivity contribution in [1.82, 2.24) is 0 Å². The second kappa shape index (κ2) is 8.50. The van der Waals surface area contributed by atoms with Crippen molar-refractivity contribution in [3.63, 3.8) is 0 Å². The summed E-state index contributed by atoms with van der Waals surface area (Å²) in [4.78, 5) is 0. The molecule has 0 radical (unpaired) electrons. The van der Waals surface area contributed by atoms with Crippen LogP contribution in [0, 0.1) is 5.82 Å². The summed E-state index contributed by atoms with van der Waals surface area (Å²) in [5.74, 6) is 0.525. The lowest BCUT2D eigenvalue weighted by molar-refractivity contribution is 0.301. The van der Waals surface area contributed by atoms with Crippen molar-refractivity contribution in [1.29, 1.82) is 0 Å². The highest BCUT2D eigenvalue weighted by Gasteiger charge is 2.11. The van der Waals surface area contributed by atoms with Crippen molar-refractivity contribution in [2.45, 2.75) is 13.2 Å². The van der Waals surface area contributed by atoms with Crippen LogP contribution in [0.3, 0.4) is 0 Å². The minimum absolute atomic E-state index is 0.249. The number of ether oxygens (including phenoxy) is 1. The molecular formula is C20H16Br2FNO. The fourth-order valence-corrected chi connectivity index (χ4v) is 3.82. The zero-order valence-electron chi connectivity index (χ0n) is 13.3. The first kappa shape index (κ1) is 18.0. The van der Waals surface area contributed by atoms with E-state index in [1.54, 1.807) is 12.1 Å². The van der Waals surface area contributed by atoms with E-state index in [0.29, 0.717) is 13.2 Å². The van der Waals surface area contributed by atoms with Crippen LogP contribution in [-0.2, 0) is 13.2 Å². The molecule has 0 aliphatic heterocycles. The summed E-state index contributed by atoms with van der Waals surface area (Å²) < 4.78 is 20.9. The van der Waals surface area contributed by atoms with Gasteiger partial charge in [-0.2, -0.15) is 0 Å². The van der Waals surface area contributed by atoms with Crippen molar-refractivity contribution in [3.05, 3.63) is 92.6 Å². The average molecular weight is 465 g/mol. The minimum Gasteiger partial charge on any atom is -0.487 e. The Morgan fingerprint density at radius 3 is 2.36 bits per heavy atom. The smallest absolute Gasteiger partial charge is 0.139 e. The monoisotopic (exact) mass is 463 g/mol. The van der Waals surface area contributed by atoms with E-state index in [9.17, 15) is 4.39 Å². The maximum Gasteiger partial charge on any atom is 0.139 e. The molecule has 0 amide bonds. The molecule has 2 nitrogen and oxygen atoms in total. The first-order chi connectivity index (χ1) is 12.1. The Balaban J connectivity index is 1.76. The lowest BCUT2D eigenvalue weighted by Gasteiger charge is -2.15. The normalized spacial score (nSPS) is 10.5. The molecule has 0 aliphatic rings. The van der Waals surface area contributed by atoms with Gasteiger partial charge in [0, 0.05) is 22.3 Å². The second-order valence-electron chi connectivity index (χ2n) is 5.51. The van der Waals surface area contributed by atoms with Crippen LogP contribution in [0.15, 0.2) is 75.7 Å². The number of halogens is 3. The fourth-order valence-electron chi connectivity index (χ4n) is 2.40. The van der Waals surface area contributed by atoms with Crippen molar-refractivity contribution in [2.24, 2.45) is 0 Å². The van der Waals surface area contributed by atoms with Gasteiger partial charge >= 0.3 is 0 Å². The van der Waals surface area contributed by atoms with Crippen molar-refractivity contribution < 1.29 is 9.13 Å². The Labute approximate surface area is 163 Å². The molecule has 0 spiro atoms. The van der Waals surface area contributed by atoms with Gasteiger partial charge in [0.15, 0.2) is 0 Å². The van der Waals surface area contributed by atoms with Gasteiger partial charge in [0.1, 0.15) is 18.2 Å². The van der Waals surface area contributed by atoms with Gasteiger partial charge in [-0.3, -0.25) is 0 Å². The largest absolute Gasteiger partial charge is 0.487 e. The van der Waals surface area contributed by atoms with Crippen LogP contribution >= 0.6 is 31.9 Å². The summed E-state index contributed by atoms with van der Waals surface area (Å²) in [6.07, 6.45) is 0. The topological polar surface area (TPSA) is 21.3 Å². The highest BCUT2D eigenvalue weighted by atomic mass is 79.9. The predicted octanol–water partition coefficient (Wildman–Crippen LogP) is 6.54. The number of para-hydroxylation sites is 1. The molecule has 0 aromatic heterocycles. The molecular weight excluding hydrogens is 449 g/mol. The van der Waals surface area contributed by atoms with Crippen molar-refractivity contribution >= 4 is 37.5 Å². The maximum absolute atomic E-state index is 13.0. The zero-order valence-corrected chi connectivity index (χ0v) is 16.5. The van der Waals surface area contributed by atoms with Crippen LogP contribution in [0.2, 0.25) is 0 Å². The molecule has 25 heavy (non-hydrogen) atoms. The lowest BCUT2D eigenvalue weighted by atomic mass is 10.2. The molecule has 1 N–H and O–H groups in total. The molecule has 3 aromatic carbocycles. The molecule has 0 atom stereocenters. The Morgan fingerprint density at radius 1 is 0.920 bits per heavy atom. The molecule has 3 aromatic rings. The Hall–Kier alpha value is -1.85. The molecule has 128 valence electrons. The highest BCUT2D eigenvalue weighted by molar-refractivity contribution is 9.11. The van der Waals surface area contributed by atoms with E-state index in [1.165, 1.54) is 12.1 Å². The van der Waals surface area contributed by atoms with E-state index >= 15 is 0 Å². The number of nitrogens with one attached hydrogen (secondary N) is 1. The molecule has 3 rings (SSSR count). The standard InChI is InChI=1S/C20H16Br2FNO/c21-16-10-15(12-24-18-4-2-1-3-5-18)20(19(22)11-16)25-13-14-6-8-17(23)9-7-14/h1-11,24H,12-13H2. The van der Waals surface area contributed by atoms with Gasteiger partial charge in [0.2, 0.25) is 0 Å². The number of hydrogen-bond acceptors (Lipinski definition) is 2. The molecule has 0 aliphatic carbocycles. The van der Waals surface area contributed by atoms with Gasteiger partial charge in [0.05, 0.1) is 4.47 Å². The average Bonchev–Trinajstić information content (AvgIpc) is 2.61. The van der Waals surface area contributed by atoms with E-state index in [4.69, 9.17) is 4.74 Å². The van der Waals surface area contributed by atoms with Gasteiger partial charge in [-0.25, -0.2) is 4.39 Å². The van der Waals surface area contributed by atoms with E-state index in [-0.39, 0.29) is 5.82 Å².